The van der Waals surface area contributed by atoms with Crippen LogP contribution in [0.1, 0.15) is 40.5 Å². The maximum atomic E-state index is 12.0. The average molecular weight is 333 g/mol. The highest BCUT2D eigenvalue weighted by molar-refractivity contribution is 6.76. The van der Waals surface area contributed by atoms with E-state index in [1.54, 1.807) is 0 Å². The molecule has 0 saturated heterocycles. The second-order valence-corrected chi connectivity index (χ2v) is 19.0. The Morgan fingerprint density at radius 1 is 1.10 bits per heavy atom. The van der Waals surface area contributed by atoms with Crippen LogP contribution in [0.25, 0.3) is 0 Å². The first-order valence-corrected chi connectivity index (χ1v) is 14.7. The third kappa shape index (κ3) is 8.78. The minimum absolute atomic E-state index is 0.00901. The summed E-state index contributed by atoms with van der Waals surface area (Å²) in [6.45, 7) is 20.6. The van der Waals surface area contributed by atoms with E-state index >= 15 is 0 Å². The van der Waals surface area contributed by atoms with E-state index in [0.29, 0.717) is 13.0 Å². The molecule has 0 bridgehead atoms. The summed E-state index contributed by atoms with van der Waals surface area (Å²) in [5.41, 5.74) is 0. The van der Waals surface area contributed by atoms with Crippen molar-refractivity contribution in [2.24, 2.45) is 0 Å². The molecule has 5 heteroatoms. The molecule has 0 aliphatic rings. The number of hydrogen-bond donors (Lipinski definition) is 0. The van der Waals surface area contributed by atoms with Gasteiger partial charge in [0.1, 0.15) is 0 Å². The summed E-state index contributed by atoms with van der Waals surface area (Å²) in [6, 6.07) is 1.03. The van der Waals surface area contributed by atoms with Crippen molar-refractivity contribution in [2.75, 3.05) is 6.61 Å². The topological polar surface area (TPSA) is 35.5 Å². The highest BCUT2D eigenvalue weighted by Crippen LogP contribution is 2.37. The van der Waals surface area contributed by atoms with Gasteiger partial charge in [-0.3, -0.25) is 4.79 Å². The lowest BCUT2D eigenvalue weighted by atomic mass is 10.2. The lowest BCUT2D eigenvalue weighted by molar-refractivity contribution is -0.145. The predicted octanol–water partition coefficient (Wildman–Crippen LogP) is 5.06. The van der Waals surface area contributed by atoms with Crippen molar-refractivity contribution >= 4 is 22.4 Å². The minimum atomic E-state index is -1.82. The highest BCUT2D eigenvalue weighted by atomic mass is 28.4. The van der Waals surface area contributed by atoms with Crippen LogP contribution in [0.15, 0.2) is 0 Å². The molecule has 0 fully saturated rings. The fourth-order valence-corrected chi connectivity index (χ4v) is 3.73. The average Bonchev–Trinajstić information content (AvgIpc) is 2.24. The Morgan fingerprint density at radius 3 is 2.00 bits per heavy atom. The highest BCUT2D eigenvalue weighted by Gasteiger charge is 2.39. The van der Waals surface area contributed by atoms with E-state index in [4.69, 9.17) is 9.16 Å². The van der Waals surface area contributed by atoms with Gasteiger partial charge in [-0.15, -0.1) is 0 Å². The largest absolute Gasteiger partial charge is 0.466 e. The molecular weight excluding hydrogens is 296 g/mol. The van der Waals surface area contributed by atoms with Crippen LogP contribution in [0.5, 0.6) is 0 Å². The van der Waals surface area contributed by atoms with E-state index < -0.39 is 16.4 Å². The standard InChI is InChI=1S/C16H36O3Si2/c1-10-14(19-21(8,9)16(2,3)4)13-15(17)18-11-12-20(5,6)7/h14H,10-13H2,1-9H3/t14-/m1/s1. The van der Waals surface area contributed by atoms with Crippen LogP contribution < -0.4 is 0 Å². The molecule has 3 nitrogen and oxygen atoms in total. The van der Waals surface area contributed by atoms with Crippen molar-refractivity contribution in [1.82, 2.24) is 0 Å². The van der Waals surface area contributed by atoms with Crippen LogP contribution in [0.2, 0.25) is 43.8 Å². The Bertz CT molecular complexity index is 327. The van der Waals surface area contributed by atoms with Gasteiger partial charge < -0.3 is 9.16 Å². The van der Waals surface area contributed by atoms with Crippen LogP contribution in [0, 0.1) is 0 Å². The molecule has 0 aliphatic carbocycles. The molecule has 1 atom stereocenters. The molecule has 0 aromatic heterocycles. The molecule has 0 saturated carbocycles. The molecule has 0 unspecified atom stereocenters. The molecule has 0 amide bonds. The maximum absolute atomic E-state index is 12.0. The molecule has 0 aliphatic heterocycles. The second-order valence-electron chi connectivity index (χ2n) is 8.64. The number of carbonyl (C=O) groups excluding carboxylic acids is 1. The number of esters is 1. The normalized spacial score (nSPS) is 14.9. The van der Waals surface area contributed by atoms with Gasteiger partial charge in [-0.1, -0.05) is 47.3 Å². The van der Waals surface area contributed by atoms with Crippen LogP contribution in [0.3, 0.4) is 0 Å². The summed E-state index contributed by atoms with van der Waals surface area (Å²) >= 11 is 0. The van der Waals surface area contributed by atoms with Crippen molar-refractivity contribution in [2.45, 2.75) is 90.5 Å². The van der Waals surface area contributed by atoms with Crippen molar-refractivity contribution in [1.29, 1.82) is 0 Å². The summed E-state index contributed by atoms with van der Waals surface area (Å²) in [6.07, 6.45) is 1.23. The first-order chi connectivity index (χ1) is 9.28. The van der Waals surface area contributed by atoms with Gasteiger partial charge >= 0.3 is 5.97 Å². The lowest BCUT2D eigenvalue weighted by Gasteiger charge is -2.39. The smallest absolute Gasteiger partial charge is 0.308 e. The van der Waals surface area contributed by atoms with Crippen LogP contribution in [-0.4, -0.2) is 35.1 Å². The minimum Gasteiger partial charge on any atom is -0.466 e. The summed E-state index contributed by atoms with van der Waals surface area (Å²) in [5.74, 6) is -0.112. The SMILES string of the molecule is CC[C@H](CC(=O)OCC[Si](C)(C)C)O[Si](C)(C)C(C)(C)C. The van der Waals surface area contributed by atoms with Crippen LogP contribution >= 0.6 is 0 Å². The molecule has 126 valence electrons. The second kappa shape index (κ2) is 7.93. The van der Waals surface area contributed by atoms with E-state index in [1.807, 2.05) is 0 Å². The van der Waals surface area contributed by atoms with Crippen molar-refractivity contribution in [3.05, 3.63) is 0 Å². The predicted molar refractivity (Wildman–Crippen MR) is 96.1 cm³/mol. The quantitative estimate of drug-likeness (QED) is 0.460. The number of carbonyl (C=O) groups is 1. The molecule has 0 rings (SSSR count). The van der Waals surface area contributed by atoms with E-state index in [1.165, 1.54) is 0 Å². The molecule has 0 heterocycles. The van der Waals surface area contributed by atoms with Gasteiger partial charge in [-0.25, -0.2) is 0 Å². The van der Waals surface area contributed by atoms with Crippen molar-refractivity contribution < 1.29 is 14.0 Å². The third-order valence-electron chi connectivity index (χ3n) is 4.23. The van der Waals surface area contributed by atoms with Gasteiger partial charge in [-0.05, 0) is 30.6 Å². The molecule has 0 aromatic rings. The van der Waals surface area contributed by atoms with E-state index in [2.05, 4.69) is 60.4 Å². The van der Waals surface area contributed by atoms with Gasteiger partial charge in [0.25, 0.3) is 0 Å². The zero-order chi connectivity index (χ0) is 16.9. The van der Waals surface area contributed by atoms with Gasteiger partial charge in [-0.2, -0.15) is 0 Å². The zero-order valence-corrected chi connectivity index (χ0v) is 17.6. The molecule has 0 N–H and O–H groups in total. The fraction of sp³-hybridized carbons (Fsp3) is 0.938. The molecular formula is C16H36O3Si2. The maximum Gasteiger partial charge on any atom is 0.308 e. The first-order valence-electron chi connectivity index (χ1n) is 8.12. The molecule has 0 aromatic carbocycles. The number of ether oxygens (including phenoxy) is 1. The Balaban J connectivity index is 4.35. The Morgan fingerprint density at radius 2 is 1.62 bits per heavy atom. The molecule has 21 heavy (non-hydrogen) atoms. The summed E-state index contributed by atoms with van der Waals surface area (Å²) in [5, 5.41) is 0.169. The fourth-order valence-electron chi connectivity index (χ4n) is 1.58. The summed E-state index contributed by atoms with van der Waals surface area (Å²) < 4.78 is 11.7. The Labute approximate surface area is 133 Å². The van der Waals surface area contributed by atoms with E-state index in [9.17, 15) is 4.79 Å². The van der Waals surface area contributed by atoms with Gasteiger partial charge in [0.2, 0.25) is 0 Å². The van der Waals surface area contributed by atoms with Crippen LogP contribution in [0.4, 0.5) is 0 Å². The van der Waals surface area contributed by atoms with E-state index in [-0.39, 0.29) is 17.1 Å². The first kappa shape index (κ1) is 20.9. The lowest BCUT2D eigenvalue weighted by Crippen LogP contribution is -2.44. The Hall–Kier alpha value is -0.136. The molecule has 0 spiro atoms. The van der Waals surface area contributed by atoms with Crippen molar-refractivity contribution in [3.8, 4) is 0 Å². The third-order valence-corrected chi connectivity index (χ3v) is 10.5. The number of rotatable bonds is 8. The summed E-state index contributed by atoms with van der Waals surface area (Å²) in [7, 11) is -2.95. The summed E-state index contributed by atoms with van der Waals surface area (Å²) in [4.78, 5) is 12.0. The zero-order valence-electron chi connectivity index (χ0n) is 15.6. The van der Waals surface area contributed by atoms with Crippen molar-refractivity contribution in [3.63, 3.8) is 0 Å². The van der Waals surface area contributed by atoms with Gasteiger partial charge in [0, 0.05) is 8.07 Å². The van der Waals surface area contributed by atoms with E-state index in [0.717, 1.165) is 12.5 Å². The Kier molecular flexibility index (Phi) is 7.87. The monoisotopic (exact) mass is 332 g/mol. The van der Waals surface area contributed by atoms with Gasteiger partial charge in [0.05, 0.1) is 19.1 Å². The van der Waals surface area contributed by atoms with Gasteiger partial charge in [0.15, 0.2) is 8.32 Å². The molecule has 0 radical (unpaired) electrons. The number of hydrogen-bond acceptors (Lipinski definition) is 3. The van der Waals surface area contributed by atoms with Crippen LogP contribution in [-0.2, 0) is 14.0 Å².